The van der Waals surface area contributed by atoms with Crippen LogP contribution in [0.2, 0.25) is 0 Å². The average Bonchev–Trinajstić information content (AvgIpc) is 3.58. The Morgan fingerprint density at radius 1 is 1.16 bits per heavy atom. The van der Waals surface area contributed by atoms with Crippen LogP contribution >= 0.6 is 0 Å². The summed E-state index contributed by atoms with van der Waals surface area (Å²) < 4.78 is 45.8. The van der Waals surface area contributed by atoms with Crippen molar-refractivity contribution in [3.63, 3.8) is 0 Å². The number of anilines is 2. The van der Waals surface area contributed by atoms with Crippen LogP contribution in [0, 0.1) is 11.8 Å². The van der Waals surface area contributed by atoms with E-state index in [1.165, 1.54) is 22.0 Å². The molecule has 0 aromatic carbocycles. The number of nitrogens with one attached hydrogen (secondary N) is 1. The third kappa shape index (κ3) is 9.49. The number of carbonyl (C=O) groups is 4. The van der Waals surface area contributed by atoms with Crippen LogP contribution in [0.5, 0.6) is 0 Å². The van der Waals surface area contributed by atoms with Crippen LogP contribution in [0.4, 0.5) is 25.1 Å². The number of alkyl halides is 2. The third-order valence-corrected chi connectivity index (χ3v) is 8.53. The SMILES string of the molecule is CN(CCOCC=O)C(=O)C1CCC(n2cc(NC(=O)c3coc(-c4ccnc(N(CC5CC5)C(=O)OC(C)(C)C)c4)n3)c(C(F)F)n2)CC1. The summed E-state index contributed by atoms with van der Waals surface area (Å²) >= 11 is 0. The second-order valence-corrected chi connectivity index (χ2v) is 13.6. The second-order valence-electron chi connectivity index (χ2n) is 13.6. The molecular weight excluding hydrogens is 656 g/mol. The first-order chi connectivity index (χ1) is 23.8. The number of amides is 3. The Labute approximate surface area is 288 Å². The molecule has 1 N–H and O–H groups in total. The molecule has 0 aliphatic heterocycles. The molecule has 2 fully saturated rings. The van der Waals surface area contributed by atoms with E-state index >= 15 is 0 Å². The van der Waals surface area contributed by atoms with Gasteiger partial charge in [0.1, 0.15) is 30.6 Å². The number of nitrogens with zero attached hydrogens (tertiary/aromatic N) is 6. The molecule has 0 saturated heterocycles. The standard InChI is InChI=1S/C34H43F2N7O7/c1-34(2,3)50-33(47)42(18-21-5-6-21)27-17-23(11-12-37-27)31-39-26(20-49-31)30(45)38-25-19-43(40-28(25)29(35)36)24-9-7-22(8-10-24)32(46)41(4)13-15-48-16-14-44/h11-12,14,17,19-22,24,29H,5-10,13,15-16,18H2,1-4H3,(H,38,45). The van der Waals surface area contributed by atoms with Crippen molar-refractivity contribution in [2.24, 2.45) is 11.8 Å². The quantitative estimate of drug-likeness (QED) is 0.164. The number of aromatic nitrogens is 4. The van der Waals surface area contributed by atoms with E-state index in [0.717, 1.165) is 19.1 Å². The fraction of sp³-hybridized carbons (Fsp3) is 0.559. The highest BCUT2D eigenvalue weighted by atomic mass is 19.3. The molecular formula is C34H43F2N7O7. The highest BCUT2D eigenvalue weighted by Crippen LogP contribution is 2.36. The summed E-state index contributed by atoms with van der Waals surface area (Å²) in [7, 11) is 1.68. The van der Waals surface area contributed by atoms with Gasteiger partial charge < -0.3 is 28.9 Å². The van der Waals surface area contributed by atoms with Gasteiger partial charge in [0.25, 0.3) is 12.3 Å². The van der Waals surface area contributed by atoms with Crippen LogP contribution in [0.1, 0.15) is 87.9 Å². The summed E-state index contributed by atoms with van der Waals surface area (Å²) in [5.41, 5.74) is -1.12. The van der Waals surface area contributed by atoms with Gasteiger partial charge in [-0.1, -0.05) is 0 Å². The van der Waals surface area contributed by atoms with Crippen molar-refractivity contribution in [1.82, 2.24) is 24.6 Å². The minimum Gasteiger partial charge on any atom is -0.444 e. The zero-order valence-corrected chi connectivity index (χ0v) is 28.6. The Morgan fingerprint density at radius 2 is 1.90 bits per heavy atom. The molecule has 50 heavy (non-hydrogen) atoms. The predicted octanol–water partition coefficient (Wildman–Crippen LogP) is 5.68. The molecule has 3 aromatic heterocycles. The van der Waals surface area contributed by atoms with E-state index in [4.69, 9.17) is 13.9 Å². The second kappa shape index (κ2) is 15.9. The molecule has 5 rings (SSSR count). The molecule has 0 spiro atoms. The first kappa shape index (κ1) is 36.5. The van der Waals surface area contributed by atoms with E-state index in [-0.39, 0.29) is 48.4 Å². The topological polar surface area (TPSA) is 162 Å². The third-order valence-electron chi connectivity index (χ3n) is 8.53. The first-order valence-corrected chi connectivity index (χ1v) is 16.7. The molecule has 3 heterocycles. The number of hydrogen-bond acceptors (Lipinski definition) is 10. The van der Waals surface area contributed by atoms with Gasteiger partial charge in [-0.3, -0.25) is 19.2 Å². The summed E-state index contributed by atoms with van der Waals surface area (Å²) in [6, 6.07) is 3.00. The number of halogens is 2. The molecule has 0 atom stereocenters. The highest BCUT2D eigenvalue weighted by molar-refractivity contribution is 6.03. The monoisotopic (exact) mass is 699 g/mol. The van der Waals surface area contributed by atoms with Gasteiger partial charge >= 0.3 is 6.09 Å². The number of hydrogen-bond donors (Lipinski definition) is 1. The van der Waals surface area contributed by atoms with Gasteiger partial charge in [0.05, 0.1) is 18.3 Å². The van der Waals surface area contributed by atoms with Crippen LogP contribution in [0.15, 0.2) is 35.2 Å². The maximum atomic E-state index is 14.0. The Kier molecular flexibility index (Phi) is 11.6. The van der Waals surface area contributed by atoms with Gasteiger partial charge in [-0.2, -0.15) is 5.10 Å². The molecule has 3 amide bonds. The van der Waals surface area contributed by atoms with Gasteiger partial charge in [0.2, 0.25) is 11.8 Å². The number of rotatable bonds is 14. The van der Waals surface area contributed by atoms with Crippen molar-refractivity contribution in [3.05, 3.63) is 42.2 Å². The van der Waals surface area contributed by atoms with Crippen molar-refractivity contribution < 1.29 is 41.8 Å². The van der Waals surface area contributed by atoms with E-state index in [9.17, 15) is 28.0 Å². The van der Waals surface area contributed by atoms with Crippen LogP contribution < -0.4 is 10.2 Å². The smallest absolute Gasteiger partial charge is 0.416 e. The maximum absolute atomic E-state index is 14.0. The summed E-state index contributed by atoms with van der Waals surface area (Å²) in [5, 5.41) is 6.60. The minimum atomic E-state index is -2.95. The zero-order chi connectivity index (χ0) is 36.0. The average molecular weight is 700 g/mol. The number of likely N-dealkylation sites (N-methyl/N-ethyl adjacent to an activating group) is 1. The van der Waals surface area contributed by atoms with Crippen LogP contribution in [-0.4, -0.2) is 87.8 Å². The van der Waals surface area contributed by atoms with Gasteiger partial charge in [-0.15, -0.1) is 0 Å². The fourth-order valence-electron chi connectivity index (χ4n) is 5.73. The lowest BCUT2D eigenvalue weighted by Gasteiger charge is -2.30. The Morgan fingerprint density at radius 3 is 2.56 bits per heavy atom. The Hall–Kier alpha value is -4.73. The molecule has 2 aliphatic carbocycles. The molecule has 0 unspecified atom stereocenters. The minimum absolute atomic E-state index is 0.0238. The van der Waals surface area contributed by atoms with Crippen LogP contribution in [0.25, 0.3) is 11.5 Å². The number of oxazole rings is 1. The first-order valence-electron chi connectivity index (χ1n) is 16.7. The van der Waals surface area contributed by atoms with Gasteiger partial charge in [0.15, 0.2) is 11.4 Å². The largest absolute Gasteiger partial charge is 0.444 e. The highest BCUT2D eigenvalue weighted by Gasteiger charge is 2.33. The van der Waals surface area contributed by atoms with E-state index < -0.39 is 29.7 Å². The number of carbonyl (C=O) groups excluding carboxylic acids is 4. The lowest BCUT2D eigenvalue weighted by Crippen LogP contribution is -2.38. The van der Waals surface area contributed by atoms with E-state index in [1.807, 2.05) is 0 Å². The van der Waals surface area contributed by atoms with Crippen molar-refractivity contribution in [2.45, 2.75) is 77.4 Å². The maximum Gasteiger partial charge on any atom is 0.416 e. The van der Waals surface area contributed by atoms with Gasteiger partial charge in [0, 0.05) is 44.0 Å². The Balaban J connectivity index is 1.23. The number of ether oxygens (including phenoxy) is 2. The van der Waals surface area contributed by atoms with E-state index in [2.05, 4.69) is 20.4 Å². The lowest BCUT2D eigenvalue weighted by atomic mass is 9.85. The summed E-state index contributed by atoms with van der Waals surface area (Å²) in [5.74, 6) is -0.256. The Bertz CT molecular complexity index is 1660. The van der Waals surface area contributed by atoms with Crippen molar-refractivity contribution in [1.29, 1.82) is 0 Å². The van der Waals surface area contributed by atoms with Crippen molar-refractivity contribution in [2.75, 3.05) is 43.6 Å². The van der Waals surface area contributed by atoms with Gasteiger partial charge in [-0.05, 0) is 77.3 Å². The molecule has 270 valence electrons. The van der Waals surface area contributed by atoms with E-state index in [1.54, 1.807) is 44.9 Å². The predicted molar refractivity (Wildman–Crippen MR) is 177 cm³/mol. The molecule has 2 saturated carbocycles. The van der Waals surface area contributed by atoms with Crippen LogP contribution in [-0.2, 0) is 19.1 Å². The van der Waals surface area contributed by atoms with Crippen molar-refractivity contribution in [3.8, 4) is 11.5 Å². The molecule has 0 bridgehead atoms. The zero-order valence-electron chi connectivity index (χ0n) is 28.6. The summed E-state index contributed by atoms with van der Waals surface area (Å²) in [6.45, 7) is 6.39. The molecule has 2 aliphatic rings. The van der Waals surface area contributed by atoms with Gasteiger partial charge in [-0.25, -0.2) is 23.5 Å². The molecule has 14 nitrogen and oxygen atoms in total. The molecule has 3 aromatic rings. The van der Waals surface area contributed by atoms with E-state index in [0.29, 0.717) is 62.4 Å². The number of pyridine rings is 1. The molecule has 0 radical (unpaired) electrons. The summed E-state index contributed by atoms with van der Waals surface area (Å²) in [4.78, 5) is 61.1. The number of aldehydes is 1. The lowest BCUT2D eigenvalue weighted by molar-refractivity contribution is -0.136. The van der Waals surface area contributed by atoms with Crippen molar-refractivity contribution >= 4 is 35.7 Å². The summed E-state index contributed by atoms with van der Waals surface area (Å²) in [6.07, 6.45) is 5.34. The normalized spacial score (nSPS) is 17.7. The van der Waals surface area contributed by atoms with Crippen LogP contribution in [0.3, 0.4) is 0 Å². The molecule has 16 heteroatoms. The fourth-order valence-corrected chi connectivity index (χ4v) is 5.73.